The Hall–Kier alpha value is -2.58. The third-order valence-electron chi connectivity index (χ3n) is 3.44. The molecule has 0 aliphatic heterocycles. The van der Waals surface area contributed by atoms with Gasteiger partial charge in [-0.2, -0.15) is 4.68 Å². The minimum Gasteiger partial charge on any atom is -0.496 e. The number of amides is 1. The Balaban J connectivity index is 1.93. The quantitative estimate of drug-likeness (QED) is 0.689. The molecule has 2 aromatic carbocycles. The van der Waals surface area contributed by atoms with Gasteiger partial charge in [0.05, 0.1) is 23.4 Å². The summed E-state index contributed by atoms with van der Waals surface area (Å²) in [6.45, 7) is 0. The maximum absolute atomic E-state index is 12.6. The number of anilines is 1. The molecule has 0 aliphatic rings. The van der Waals surface area contributed by atoms with Crippen LogP contribution in [-0.4, -0.2) is 39.5 Å². The van der Waals surface area contributed by atoms with Crippen molar-refractivity contribution in [2.45, 2.75) is 4.90 Å². The van der Waals surface area contributed by atoms with Crippen molar-refractivity contribution in [1.29, 1.82) is 0 Å². The van der Waals surface area contributed by atoms with Gasteiger partial charge in [-0.25, -0.2) is 0 Å². The van der Waals surface area contributed by atoms with Crippen LogP contribution in [0.2, 0.25) is 5.02 Å². The lowest BCUT2D eigenvalue weighted by atomic mass is 10.1. The number of nitrogens with one attached hydrogen (secondary N) is 1. The number of methoxy groups -OCH3 is 1. The standard InChI is InChI=1S/C16H14ClN5O2S/c1-24-15-8-14(22-9-18-20-21-22)13(17)7-12(15)16(23)19-10-4-3-5-11(6-10)25-2/h3-9H,1-2H3,(H,19,23). The zero-order chi connectivity index (χ0) is 17.8. The molecule has 1 aromatic heterocycles. The van der Waals surface area contributed by atoms with E-state index in [0.29, 0.717) is 27.7 Å². The van der Waals surface area contributed by atoms with E-state index >= 15 is 0 Å². The summed E-state index contributed by atoms with van der Waals surface area (Å²) in [5.41, 5.74) is 1.53. The smallest absolute Gasteiger partial charge is 0.259 e. The van der Waals surface area contributed by atoms with Gasteiger partial charge >= 0.3 is 0 Å². The van der Waals surface area contributed by atoms with Crippen LogP contribution in [0.3, 0.4) is 0 Å². The van der Waals surface area contributed by atoms with E-state index in [-0.39, 0.29) is 5.91 Å². The van der Waals surface area contributed by atoms with Gasteiger partial charge in [-0.1, -0.05) is 17.7 Å². The van der Waals surface area contributed by atoms with Crippen molar-refractivity contribution >= 4 is 35.0 Å². The first-order chi connectivity index (χ1) is 12.1. The highest BCUT2D eigenvalue weighted by Gasteiger charge is 2.17. The average Bonchev–Trinajstić information content (AvgIpc) is 3.16. The van der Waals surface area contributed by atoms with Crippen LogP contribution in [0.5, 0.6) is 5.75 Å². The molecule has 0 aliphatic carbocycles. The Morgan fingerprint density at radius 1 is 1.32 bits per heavy atom. The van der Waals surface area contributed by atoms with E-state index in [0.717, 1.165) is 4.90 Å². The first-order valence-electron chi connectivity index (χ1n) is 7.18. The van der Waals surface area contributed by atoms with Crippen LogP contribution in [0, 0.1) is 0 Å². The predicted octanol–water partition coefficient (Wildman–Crippen LogP) is 3.30. The molecule has 0 bridgehead atoms. The third-order valence-corrected chi connectivity index (χ3v) is 4.47. The molecule has 0 spiro atoms. The summed E-state index contributed by atoms with van der Waals surface area (Å²) in [4.78, 5) is 13.7. The molecule has 0 saturated heterocycles. The van der Waals surface area contributed by atoms with Gasteiger partial charge in [-0.05, 0) is 40.9 Å². The number of thioether (sulfide) groups is 1. The fraction of sp³-hybridized carbons (Fsp3) is 0.125. The third kappa shape index (κ3) is 3.75. The van der Waals surface area contributed by atoms with E-state index in [9.17, 15) is 4.79 Å². The molecule has 25 heavy (non-hydrogen) atoms. The number of aromatic nitrogens is 4. The lowest BCUT2D eigenvalue weighted by Gasteiger charge is -2.13. The van der Waals surface area contributed by atoms with Crippen LogP contribution in [0.1, 0.15) is 10.4 Å². The fourth-order valence-corrected chi connectivity index (χ4v) is 2.95. The van der Waals surface area contributed by atoms with Gasteiger partial charge in [-0.15, -0.1) is 16.9 Å². The highest BCUT2D eigenvalue weighted by molar-refractivity contribution is 7.98. The van der Waals surface area contributed by atoms with Crippen molar-refractivity contribution in [3.05, 3.63) is 53.3 Å². The topological polar surface area (TPSA) is 81.9 Å². The summed E-state index contributed by atoms with van der Waals surface area (Å²) >= 11 is 7.89. The second-order valence-electron chi connectivity index (χ2n) is 4.94. The molecule has 1 N–H and O–H groups in total. The van der Waals surface area contributed by atoms with E-state index in [1.807, 2.05) is 30.5 Å². The van der Waals surface area contributed by atoms with Crippen molar-refractivity contribution in [3.63, 3.8) is 0 Å². The SMILES string of the molecule is COc1cc(-n2cnnn2)c(Cl)cc1C(=O)Nc1cccc(SC)c1. The number of ether oxygens (including phenoxy) is 1. The number of hydrogen-bond acceptors (Lipinski definition) is 6. The molecule has 3 aromatic rings. The fourth-order valence-electron chi connectivity index (χ4n) is 2.24. The van der Waals surface area contributed by atoms with E-state index < -0.39 is 0 Å². The van der Waals surface area contributed by atoms with Gasteiger partial charge < -0.3 is 10.1 Å². The van der Waals surface area contributed by atoms with Crippen LogP contribution in [0.25, 0.3) is 5.69 Å². The molecule has 0 saturated carbocycles. The summed E-state index contributed by atoms with van der Waals surface area (Å²) in [5.74, 6) is 0.0497. The highest BCUT2D eigenvalue weighted by atomic mass is 35.5. The normalized spacial score (nSPS) is 10.5. The average molecular weight is 376 g/mol. The van der Waals surface area contributed by atoms with Crippen molar-refractivity contribution in [2.24, 2.45) is 0 Å². The zero-order valence-corrected chi connectivity index (χ0v) is 15.0. The lowest BCUT2D eigenvalue weighted by Crippen LogP contribution is -2.14. The molecule has 0 unspecified atom stereocenters. The van der Waals surface area contributed by atoms with Gasteiger partial charge in [0.2, 0.25) is 0 Å². The molecule has 0 fully saturated rings. The first-order valence-corrected chi connectivity index (χ1v) is 8.79. The summed E-state index contributed by atoms with van der Waals surface area (Å²) in [6, 6.07) is 10.7. The number of carbonyl (C=O) groups excluding carboxylic acids is 1. The molecule has 9 heteroatoms. The van der Waals surface area contributed by atoms with Crippen molar-refractivity contribution in [1.82, 2.24) is 20.2 Å². The van der Waals surface area contributed by atoms with Crippen molar-refractivity contribution < 1.29 is 9.53 Å². The summed E-state index contributed by atoms with van der Waals surface area (Å²) in [7, 11) is 1.48. The van der Waals surface area contributed by atoms with Gasteiger partial charge in [-0.3, -0.25) is 4.79 Å². The predicted molar refractivity (Wildman–Crippen MR) is 96.9 cm³/mol. The van der Waals surface area contributed by atoms with Crippen molar-refractivity contribution in [2.75, 3.05) is 18.7 Å². The van der Waals surface area contributed by atoms with Crippen LogP contribution >= 0.6 is 23.4 Å². The van der Waals surface area contributed by atoms with Crippen LogP contribution in [-0.2, 0) is 0 Å². The Morgan fingerprint density at radius 3 is 2.84 bits per heavy atom. The van der Waals surface area contributed by atoms with E-state index in [2.05, 4.69) is 20.8 Å². The number of carbonyl (C=O) groups is 1. The minimum atomic E-state index is -0.319. The molecular formula is C16H14ClN5O2S. The molecule has 0 radical (unpaired) electrons. The van der Waals surface area contributed by atoms with Gasteiger partial charge in [0.15, 0.2) is 0 Å². The maximum atomic E-state index is 12.6. The largest absolute Gasteiger partial charge is 0.496 e. The summed E-state index contributed by atoms with van der Waals surface area (Å²) in [5, 5.41) is 14.1. The lowest BCUT2D eigenvalue weighted by molar-refractivity contribution is 0.102. The number of benzene rings is 2. The Bertz CT molecular complexity index is 902. The second-order valence-corrected chi connectivity index (χ2v) is 6.23. The van der Waals surface area contributed by atoms with E-state index in [1.165, 1.54) is 24.2 Å². The number of halogens is 1. The molecule has 7 nitrogen and oxygen atoms in total. The molecule has 1 heterocycles. The van der Waals surface area contributed by atoms with Crippen LogP contribution < -0.4 is 10.1 Å². The molecule has 0 atom stereocenters. The molecule has 3 rings (SSSR count). The number of tetrazole rings is 1. The Morgan fingerprint density at radius 2 is 2.16 bits per heavy atom. The summed E-state index contributed by atoms with van der Waals surface area (Å²) in [6.07, 6.45) is 3.38. The van der Waals surface area contributed by atoms with Gasteiger partial charge in [0.25, 0.3) is 5.91 Å². The highest BCUT2D eigenvalue weighted by Crippen LogP contribution is 2.30. The number of hydrogen-bond donors (Lipinski definition) is 1. The van der Waals surface area contributed by atoms with E-state index in [4.69, 9.17) is 16.3 Å². The molecule has 1 amide bonds. The number of nitrogens with zero attached hydrogens (tertiary/aromatic N) is 4. The second kappa shape index (κ2) is 7.54. The van der Waals surface area contributed by atoms with Crippen LogP contribution in [0.4, 0.5) is 5.69 Å². The zero-order valence-electron chi connectivity index (χ0n) is 13.4. The van der Waals surface area contributed by atoms with Gasteiger partial charge in [0.1, 0.15) is 12.1 Å². The first kappa shape index (κ1) is 17.2. The van der Waals surface area contributed by atoms with E-state index in [1.54, 1.807) is 17.8 Å². The maximum Gasteiger partial charge on any atom is 0.259 e. The molecule has 128 valence electrons. The van der Waals surface area contributed by atoms with Crippen molar-refractivity contribution in [3.8, 4) is 11.4 Å². The van der Waals surface area contributed by atoms with Gasteiger partial charge in [0, 0.05) is 16.6 Å². The van der Waals surface area contributed by atoms with Crippen LogP contribution in [0.15, 0.2) is 47.6 Å². The minimum absolute atomic E-state index is 0.318. The Kier molecular flexibility index (Phi) is 5.20. The number of rotatable bonds is 5. The monoisotopic (exact) mass is 375 g/mol. The Labute approximate surface area is 153 Å². The molecular weight excluding hydrogens is 362 g/mol. The summed E-state index contributed by atoms with van der Waals surface area (Å²) < 4.78 is 6.73.